The van der Waals surface area contributed by atoms with E-state index in [1.54, 1.807) is 55.6 Å². The molecule has 0 bridgehead atoms. The van der Waals surface area contributed by atoms with Crippen LogP contribution in [0, 0.1) is 12.8 Å². The summed E-state index contributed by atoms with van der Waals surface area (Å²) in [6, 6.07) is 21.6. The van der Waals surface area contributed by atoms with Crippen molar-refractivity contribution in [1.29, 1.82) is 0 Å². The van der Waals surface area contributed by atoms with E-state index in [4.69, 9.17) is 4.74 Å². The molecule has 0 aliphatic rings. The third kappa shape index (κ3) is 12.1. The molecule has 0 aromatic heterocycles. The van der Waals surface area contributed by atoms with Gasteiger partial charge in [0.1, 0.15) is 11.8 Å². The molecule has 3 N–H and O–H groups in total. The number of sulfonamides is 1. The zero-order chi connectivity index (χ0) is 34.4. The topological polar surface area (TPSA) is 142 Å². The number of carbonyl (C=O) groups is 3. The predicted molar refractivity (Wildman–Crippen MR) is 182 cm³/mol. The summed E-state index contributed by atoms with van der Waals surface area (Å²) >= 11 is 0. The maximum atomic E-state index is 13.7. The van der Waals surface area contributed by atoms with Crippen LogP contribution in [-0.4, -0.2) is 67.9 Å². The van der Waals surface area contributed by atoms with Crippen molar-refractivity contribution < 1.29 is 32.6 Å². The van der Waals surface area contributed by atoms with Gasteiger partial charge in [-0.3, -0.25) is 14.4 Å². The Kier molecular flexibility index (Phi) is 14.4. The number of ether oxygens (including phenoxy) is 1. The molecule has 254 valence electrons. The van der Waals surface area contributed by atoms with Crippen molar-refractivity contribution in [3.63, 3.8) is 0 Å². The van der Waals surface area contributed by atoms with Crippen LogP contribution in [0.15, 0.2) is 83.8 Å². The third-order valence-corrected chi connectivity index (χ3v) is 9.64. The highest BCUT2D eigenvalue weighted by atomic mass is 32.2. The minimum atomic E-state index is -3.94. The molecule has 2 amide bonds. The van der Waals surface area contributed by atoms with Crippen molar-refractivity contribution >= 4 is 27.8 Å². The van der Waals surface area contributed by atoms with E-state index in [2.05, 4.69) is 10.6 Å². The smallest absolute Gasteiger partial charge is 0.304 e. The van der Waals surface area contributed by atoms with Crippen LogP contribution in [-0.2, 0) is 37.2 Å². The van der Waals surface area contributed by atoms with E-state index >= 15 is 0 Å². The van der Waals surface area contributed by atoms with Gasteiger partial charge in [0.05, 0.1) is 24.8 Å². The molecular formula is C36H47N3O7S. The van der Waals surface area contributed by atoms with E-state index in [0.717, 1.165) is 16.7 Å². The van der Waals surface area contributed by atoms with Crippen molar-refractivity contribution in [2.45, 2.75) is 76.3 Å². The van der Waals surface area contributed by atoms with Gasteiger partial charge in [0.25, 0.3) is 0 Å². The zero-order valence-corrected chi connectivity index (χ0v) is 28.5. The van der Waals surface area contributed by atoms with Gasteiger partial charge in [0.2, 0.25) is 21.8 Å². The molecule has 3 rings (SSSR count). The maximum absolute atomic E-state index is 13.7. The third-order valence-electron chi connectivity index (χ3n) is 7.71. The van der Waals surface area contributed by atoms with E-state index in [1.165, 1.54) is 4.31 Å². The second kappa shape index (κ2) is 18.2. The number of methoxy groups -OCH3 is 1. The Morgan fingerprint density at radius 2 is 1.55 bits per heavy atom. The highest BCUT2D eigenvalue weighted by Crippen LogP contribution is 2.25. The van der Waals surface area contributed by atoms with Crippen LogP contribution in [0.3, 0.4) is 0 Å². The highest BCUT2D eigenvalue weighted by Gasteiger charge is 2.33. The molecule has 2 atom stereocenters. The Hall–Kier alpha value is -4.22. The number of hydrogen-bond donors (Lipinski definition) is 3. The van der Waals surface area contributed by atoms with E-state index in [1.807, 2.05) is 51.1 Å². The lowest BCUT2D eigenvalue weighted by molar-refractivity contribution is -0.138. The van der Waals surface area contributed by atoms with E-state index in [0.29, 0.717) is 31.4 Å². The number of aryl methyl sites for hydroxylation is 1. The van der Waals surface area contributed by atoms with Crippen LogP contribution in [0.1, 0.15) is 56.2 Å². The Labute approximate surface area is 278 Å². The Morgan fingerprint density at radius 3 is 2.15 bits per heavy atom. The molecular weight excluding hydrogens is 618 g/mol. The second-order valence-electron chi connectivity index (χ2n) is 12.2. The molecule has 0 saturated carbocycles. The normalized spacial score (nSPS) is 12.8. The van der Waals surface area contributed by atoms with E-state index in [9.17, 15) is 27.9 Å². The number of unbranched alkanes of at least 4 members (excludes halogenated alkanes) is 1. The van der Waals surface area contributed by atoms with Crippen molar-refractivity contribution in [1.82, 2.24) is 14.9 Å². The Morgan fingerprint density at radius 1 is 0.894 bits per heavy atom. The monoisotopic (exact) mass is 665 g/mol. The Bertz CT molecular complexity index is 1540. The highest BCUT2D eigenvalue weighted by molar-refractivity contribution is 7.89. The van der Waals surface area contributed by atoms with Crippen LogP contribution in [0.25, 0.3) is 0 Å². The lowest BCUT2D eigenvalue weighted by Crippen LogP contribution is -2.48. The number of nitrogens with zero attached hydrogens (tertiary/aromatic N) is 1. The van der Waals surface area contributed by atoms with E-state index in [-0.39, 0.29) is 48.6 Å². The summed E-state index contributed by atoms with van der Waals surface area (Å²) < 4.78 is 33.8. The summed E-state index contributed by atoms with van der Waals surface area (Å²) in [5.74, 6) is -1.03. The summed E-state index contributed by atoms with van der Waals surface area (Å²) in [5.41, 5.74) is 2.61. The summed E-state index contributed by atoms with van der Waals surface area (Å²) in [6.07, 6.45) is 1.38. The molecule has 11 heteroatoms. The van der Waals surface area contributed by atoms with E-state index < -0.39 is 28.1 Å². The second-order valence-corrected chi connectivity index (χ2v) is 14.0. The molecule has 0 fully saturated rings. The molecule has 3 aromatic rings. The number of carboxylic acid groups (broad SMARTS) is 1. The number of carboxylic acids is 1. The quantitative estimate of drug-likeness (QED) is 0.157. The average Bonchev–Trinajstić information content (AvgIpc) is 3.03. The fraction of sp³-hybridized carbons (Fsp3) is 0.417. The van der Waals surface area contributed by atoms with Gasteiger partial charge in [-0.05, 0) is 61.1 Å². The van der Waals surface area contributed by atoms with Gasteiger partial charge >= 0.3 is 5.97 Å². The van der Waals surface area contributed by atoms with Crippen molar-refractivity contribution in [2.75, 3.05) is 20.2 Å². The first-order chi connectivity index (χ1) is 22.4. The number of nitrogens with one attached hydrogen (secondary N) is 2. The SMILES string of the molecule is COc1ccc(CC(=O)N[C@@H](Cc2ccccc2)C(=O)NCCCC[C@@H](CC(=O)O)N(CC(C)C)S(=O)(=O)c2ccc(C)cc2)cc1. The lowest BCUT2D eigenvalue weighted by Gasteiger charge is -2.31. The molecule has 0 heterocycles. The first-order valence-corrected chi connectivity index (χ1v) is 17.4. The lowest BCUT2D eigenvalue weighted by atomic mass is 10.0. The van der Waals surface area contributed by atoms with Crippen LogP contribution >= 0.6 is 0 Å². The summed E-state index contributed by atoms with van der Waals surface area (Å²) in [6.45, 7) is 6.13. The average molecular weight is 666 g/mol. The largest absolute Gasteiger partial charge is 0.497 e. The first-order valence-electron chi connectivity index (χ1n) is 15.9. The van der Waals surface area contributed by atoms with Crippen LogP contribution in [0.5, 0.6) is 5.75 Å². The molecule has 0 saturated heterocycles. The van der Waals surface area contributed by atoms with Crippen molar-refractivity contribution in [3.8, 4) is 5.75 Å². The molecule has 0 radical (unpaired) electrons. The van der Waals surface area contributed by atoms with Gasteiger partial charge in [-0.15, -0.1) is 0 Å². The van der Waals surface area contributed by atoms with Crippen molar-refractivity contribution in [3.05, 3.63) is 95.6 Å². The van der Waals surface area contributed by atoms with Crippen LogP contribution < -0.4 is 15.4 Å². The molecule has 47 heavy (non-hydrogen) atoms. The van der Waals surface area contributed by atoms with Gasteiger partial charge in [-0.2, -0.15) is 4.31 Å². The van der Waals surface area contributed by atoms with Gasteiger partial charge in [-0.1, -0.05) is 80.4 Å². The number of rotatable bonds is 19. The minimum absolute atomic E-state index is 0.0210. The van der Waals surface area contributed by atoms with Gasteiger partial charge < -0.3 is 20.5 Å². The first kappa shape index (κ1) is 37.2. The van der Waals surface area contributed by atoms with Crippen LogP contribution in [0.4, 0.5) is 0 Å². The molecule has 0 unspecified atom stereocenters. The van der Waals surface area contributed by atoms with Crippen molar-refractivity contribution in [2.24, 2.45) is 5.92 Å². The number of benzene rings is 3. The number of hydrogen-bond acceptors (Lipinski definition) is 6. The number of aliphatic carboxylic acids is 1. The fourth-order valence-corrected chi connectivity index (χ4v) is 7.09. The Balaban J connectivity index is 1.63. The molecule has 0 spiro atoms. The molecule has 0 aliphatic heterocycles. The fourth-order valence-electron chi connectivity index (χ4n) is 5.27. The van der Waals surface area contributed by atoms with Gasteiger partial charge in [0, 0.05) is 25.6 Å². The van der Waals surface area contributed by atoms with Gasteiger partial charge in [-0.25, -0.2) is 8.42 Å². The predicted octanol–water partition coefficient (Wildman–Crippen LogP) is 4.75. The zero-order valence-electron chi connectivity index (χ0n) is 27.6. The standard InChI is InChI=1S/C36H47N3O7S/c1-26(2)25-39(47(44,45)32-19-13-27(3)14-20-32)30(24-35(41)42)12-8-9-21-37-36(43)33(22-28-10-6-5-7-11-28)38-34(40)23-29-15-17-31(46-4)18-16-29/h5-7,10-11,13-20,26,30,33H,8-9,12,21-25H2,1-4H3,(H,37,43)(H,38,40)(H,41,42)/t30-,33-/m0/s1. The summed E-state index contributed by atoms with van der Waals surface area (Å²) in [7, 11) is -2.37. The number of carbonyl (C=O) groups excluding carboxylic acids is 2. The maximum Gasteiger partial charge on any atom is 0.304 e. The molecule has 3 aromatic carbocycles. The van der Waals surface area contributed by atoms with Gasteiger partial charge in [0.15, 0.2) is 0 Å². The number of amides is 2. The summed E-state index contributed by atoms with van der Waals surface area (Å²) in [4.78, 5) is 38.2. The summed E-state index contributed by atoms with van der Waals surface area (Å²) in [5, 5.41) is 15.4. The molecule has 0 aliphatic carbocycles. The van der Waals surface area contributed by atoms with Crippen LogP contribution in [0.2, 0.25) is 0 Å². The molecule has 10 nitrogen and oxygen atoms in total. The minimum Gasteiger partial charge on any atom is -0.497 e.